The molecule has 1 atom stereocenters. The van der Waals surface area contributed by atoms with Crippen molar-refractivity contribution in [1.29, 1.82) is 0 Å². The van der Waals surface area contributed by atoms with Crippen molar-refractivity contribution in [3.05, 3.63) is 12.4 Å². The summed E-state index contributed by atoms with van der Waals surface area (Å²) in [6.45, 7) is 3.44. The molecule has 0 N–H and O–H groups in total. The summed E-state index contributed by atoms with van der Waals surface area (Å²) >= 11 is 0. The minimum absolute atomic E-state index is 0.461. The summed E-state index contributed by atoms with van der Waals surface area (Å²) in [5.74, 6) is 1.74. The van der Waals surface area contributed by atoms with Crippen LogP contribution in [0.25, 0.3) is 0 Å². The molecule has 0 radical (unpaired) electrons. The van der Waals surface area contributed by atoms with Crippen LogP contribution in [0, 0.1) is 0 Å². The Morgan fingerprint density at radius 3 is 2.60 bits per heavy atom. The SMILES string of the molecule is C=CPOC. The predicted octanol–water partition coefficient (Wildman–Crippen LogP) is 1.37. The zero-order valence-electron chi connectivity index (χ0n) is 3.19. The van der Waals surface area contributed by atoms with E-state index >= 15 is 0 Å². The predicted molar refractivity (Wildman–Crippen MR) is 25.5 cm³/mol. The van der Waals surface area contributed by atoms with E-state index in [1.54, 1.807) is 12.9 Å². The molecule has 0 aliphatic rings. The zero-order chi connectivity index (χ0) is 4.12. The molecule has 30 valence electrons. The third-order valence-electron chi connectivity index (χ3n) is 0.201. The standard InChI is InChI=1S/C3H7OP/c1-3-5-4-2/h3,5H,1H2,2H3. The summed E-state index contributed by atoms with van der Waals surface area (Å²) in [5.41, 5.74) is 0. The molecule has 0 saturated carbocycles. The van der Waals surface area contributed by atoms with Crippen LogP contribution in [0.1, 0.15) is 0 Å². The average Bonchev–Trinajstić information content (AvgIpc) is 1.41. The van der Waals surface area contributed by atoms with Gasteiger partial charge in [0.1, 0.15) is 0 Å². The smallest absolute Gasteiger partial charge is 0.0398 e. The average molecular weight is 90.1 g/mol. The maximum absolute atomic E-state index is 4.60. The minimum Gasteiger partial charge on any atom is -0.362 e. The fourth-order valence-electron chi connectivity index (χ4n) is 0.0833. The van der Waals surface area contributed by atoms with Crippen molar-refractivity contribution in [3.8, 4) is 0 Å². The Bertz CT molecular complexity index is 28.1. The van der Waals surface area contributed by atoms with E-state index in [9.17, 15) is 0 Å². The lowest BCUT2D eigenvalue weighted by Crippen LogP contribution is -1.48. The second kappa shape index (κ2) is 4.13. The van der Waals surface area contributed by atoms with E-state index in [1.165, 1.54) is 0 Å². The first kappa shape index (κ1) is 5.13. The van der Waals surface area contributed by atoms with Gasteiger partial charge in [-0.05, 0) is 5.82 Å². The third kappa shape index (κ3) is 4.13. The Balaban J connectivity index is 2.40. The van der Waals surface area contributed by atoms with E-state index < -0.39 is 0 Å². The van der Waals surface area contributed by atoms with Crippen molar-refractivity contribution in [2.75, 3.05) is 7.11 Å². The lowest BCUT2D eigenvalue weighted by Gasteiger charge is -1.79. The van der Waals surface area contributed by atoms with Gasteiger partial charge in [0.2, 0.25) is 0 Å². The molecule has 0 aromatic carbocycles. The molecular formula is C3H7OP. The summed E-state index contributed by atoms with van der Waals surface area (Å²) in [7, 11) is 2.11. The minimum atomic E-state index is 0.461. The topological polar surface area (TPSA) is 9.23 Å². The lowest BCUT2D eigenvalue weighted by molar-refractivity contribution is 0.481. The fraction of sp³-hybridized carbons (Fsp3) is 0.333. The van der Waals surface area contributed by atoms with Crippen LogP contribution in [0.5, 0.6) is 0 Å². The van der Waals surface area contributed by atoms with E-state index in [0.29, 0.717) is 8.81 Å². The lowest BCUT2D eigenvalue weighted by atomic mass is 11.3. The van der Waals surface area contributed by atoms with E-state index in [4.69, 9.17) is 0 Å². The molecule has 0 fully saturated rings. The zero-order valence-corrected chi connectivity index (χ0v) is 4.19. The molecular weight excluding hydrogens is 83.0 g/mol. The molecule has 0 aliphatic carbocycles. The normalized spacial score (nSPS) is 9.80. The first-order chi connectivity index (χ1) is 2.41. The molecule has 0 aromatic rings. The van der Waals surface area contributed by atoms with Crippen molar-refractivity contribution >= 4 is 8.81 Å². The first-order valence-electron chi connectivity index (χ1n) is 1.31. The summed E-state index contributed by atoms with van der Waals surface area (Å²) < 4.78 is 4.60. The number of rotatable bonds is 2. The highest BCUT2D eigenvalue weighted by Gasteiger charge is 1.58. The van der Waals surface area contributed by atoms with Crippen molar-refractivity contribution in [1.82, 2.24) is 0 Å². The van der Waals surface area contributed by atoms with E-state index in [-0.39, 0.29) is 0 Å². The van der Waals surface area contributed by atoms with Gasteiger partial charge >= 0.3 is 0 Å². The molecule has 5 heavy (non-hydrogen) atoms. The molecule has 0 heterocycles. The van der Waals surface area contributed by atoms with Gasteiger partial charge in [-0.25, -0.2) is 0 Å². The fourth-order valence-corrected chi connectivity index (χ4v) is 0.250. The van der Waals surface area contributed by atoms with Crippen LogP contribution < -0.4 is 0 Å². The monoisotopic (exact) mass is 90.0 g/mol. The Labute approximate surface area is 33.9 Å². The second-order valence-corrected chi connectivity index (χ2v) is 1.58. The third-order valence-corrected chi connectivity index (χ3v) is 0.604. The summed E-state index contributed by atoms with van der Waals surface area (Å²) in [5, 5.41) is 0. The Hall–Kier alpha value is 0.130. The van der Waals surface area contributed by atoms with Crippen molar-refractivity contribution in [2.24, 2.45) is 0 Å². The van der Waals surface area contributed by atoms with Crippen molar-refractivity contribution < 1.29 is 4.52 Å². The Morgan fingerprint density at radius 1 is 2.00 bits per heavy atom. The molecule has 0 amide bonds. The van der Waals surface area contributed by atoms with Gasteiger partial charge in [-0.1, -0.05) is 6.58 Å². The summed E-state index contributed by atoms with van der Waals surface area (Å²) in [4.78, 5) is 0. The van der Waals surface area contributed by atoms with Crippen LogP contribution in [-0.2, 0) is 4.52 Å². The molecule has 1 unspecified atom stereocenters. The van der Waals surface area contributed by atoms with Gasteiger partial charge in [0.15, 0.2) is 0 Å². The van der Waals surface area contributed by atoms with Crippen LogP contribution >= 0.6 is 8.81 Å². The second-order valence-electron chi connectivity index (χ2n) is 0.526. The maximum atomic E-state index is 4.60. The Kier molecular flexibility index (Phi) is 4.24. The van der Waals surface area contributed by atoms with Crippen molar-refractivity contribution in [2.45, 2.75) is 0 Å². The van der Waals surface area contributed by atoms with Gasteiger partial charge in [0.05, 0.1) is 0 Å². The van der Waals surface area contributed by atoms with Crippen LogP contribution in [0.2, 0.25) is 0 Å². The quantitative estimate of drug-likeness (QED) is 0.465. The molecule has 0 saturated heterocycles. The van der Waals surface area contributed by atoms with Gasteiger partial charge in [-0.3, -0.25) is 0 Å². The first-order valence-corrected chi connectivity index (χ1v) is 2.29. The Morgan fingerprint density at radius 2 is 2.60 bits per heavy atom. The van der Waals surface area contributed by atoms with Crippen LogP contribution in [0.3, 0.4) is 0 Å². The maximum Gasteiger partial charge on any atom is 0.0398 e. The number of hydrogen-bond donors (Lipinski definition) is 0. The van der Waals surface area contributed by atoms with E-state index in [1.807, 2.05) is 0 Å². The van der Waals surface area contributed by atoms with Crippen LogP contribution in [-0.4, -0.2) is 7.11 Å². The molecule has 0 aromatic heterocycles. The number of hydrogen-bond acceptors (Lipinski definition) is 1. The molecule has 0 aliphatic heterocycles. The highest BCUT2D eigenvalue weighted by atomic mass is 31.1. The highest BCUT2D eigenvalue weighted by Crippen LogP contribution is 2.06. The van der Waals surface area contributed by atoms with Crippen molar-refractivity contribution in [3.63, 3.8) is 0 Å². The van der Waals surface area contributed by atoms with Gasteiger partial charge in [-0.2, -0.15) is 0 Å². The van der Waals surface area contributed by atoms with Crippen LogP contribution in [0.15, 0.2) is 12.4 Å². The van der Waals surface area contributed by atoms with E-state index in [2.05, 4.69) is 11.1 Å². The van der Waals surface area contributed by atoms with Gasteiger partial charge in [-0.15, -0.1) is 0 Å². The molecule has 0 rings (SSSR count). The van der Waals surface area contributed by atoms with Crippen LogP contribution in [0.4, 0.5) is 0 Å². The van der Waals surface area contributed by atoms with Gasteiger partial charge < -0.3 is 4.52 Å². The van der Waals surface area contributed by atoms with Gasteiger partial charge in [0, 0.05) is 15.9 Å². The molecule has 2 heteroatoms. The van der Waals surface area contributed by atoms with E-state index in [0.717, 1.165) is 0 Å². The summed E-state index contributed by atoms with van der Waals surface area (Å²) in [6, 6.07) is 0. The molecule has 0 bridgehead atoms. The molecule has 1 nitrogen and oxygen atoms in total. The molecule has 0 spiro atoms. The highest BCUT2D eigenvalue weighted by molar-refractivity contribution is 7.35. The van der Waals surface area contributed by atoms with Gasteiger partial charge in [0.25, 0.3) is 0 Å². The summed E-state index contributed by atoms with van der Waals surface area (Å²) in [6.07, 6.45) is 0. The largest absolute Gasteiger partial charge is 0.362 e.